The first kappa shape index (κ1) is 27.8. The molecule has 4 rings (SSSR count). The number of rotatable bonds is 8. The van der Waals surface area contributed by atoms with Gasteiger partial charge in [-0.3, -0.25) is 9.36 Å². The van der Waals surface area contributed by atoms with Crippen molar-refractivity contribution in [3.8, 4) is 11.5 Å². The molecule has 0 aliphatic carbocycles. The van der Waals surface area contributed by atoms with Crippen LogP contribution in [0.1, 0.15) is 48.3 Å². The molecule has 1 atom stereocenters. The zero-order valence-corrected chi connectivity index (χ0v) is 23.5. The first-order valence-corrected chi connectivity index (χ1v) is 13.1. The van der Waals surface area contributed by atoms with Crippen LogP contribution in [0, 0.1) is 5.92 Å². The van der Waals surface area contributed by atoms with Gasteiger partial charge in [-0.25, -0.2) is 14.6 Å². The highest BCUT2D eigenvalue weighted by atomic mass is 32.1. The lowest BCUT2D eigenvalue weighted by atomic mass is 9.95. The third-order valence-electron chi connectivity index (χ3n) is 6.14. The molecular weight excluding hydrogens is 520 g/mol. The van der Waals surface area contributed by atoms with E-state index in [9.17, 15) is 14.4 Å². The summed E-state index contributed by atoms with van der Waals surface area (Å²) in [5.74, 6) is 0.223. The van der Waals surface area contributed by atoms with Gasteiger partial charge in [-0.1, -0.05) is 43.4 Å². The second-order valence-corrected chi connectivity index (χ2v) is 10.3. The Morgan fingerprint density at radius 1 is 1.03 bits per heavy atom. The van der Waals surface area contributed by atoms with Gasteiger partial charge in [0.1, 0.15) is 0 Å². The van der Waals surface area contributed by atoms with Crippen molar-refractivity contribution in [1.29, 1.82) is 0 Å². The van der Waals surface area contributed by atoms with Crippen molar-refractivity contribution in [2.45, 2.75) is 26.8 Å². The Morgan fingerprint density at radius 3 is 2.33 bits per heavy atom. The smallest absolute Gasteiger partial charge is 0.338 e. The summed E-state index contributed by atoms with van der Waals surface area (Å²) < 4.78 is 23.0. The van der Waals surface area contributed by atoms with Gasteiger partial charge < -0.3 is 18.9 Å². The molecule has 0 amide bonds. The number of aromatic nitrogens is 1. The average Bonchev–Trinajstić information content (AvgIpc) is 3.24. The van der Waals surface area contributed by atoms with E-state index in [4.69, 9.17) is 18.9 Å². The van der Waals surface area contributed by atoms with Gasteiger partial charge in [-0.05, 0) is 54.3 Å². The second kappa shape index (κ2) is 11.7. The number of ether oxygens (including phenoxy) is 4. The number of nitrogens with zero attached hydrogens (tertiary/aromatic N) is 2. The van der Waals surface area contributed by atoms with Gasteiger partial charge in [0.2, 0.25) is 0 Å². The van der Waals surface area contributed by atoms with Crippen molar-refractivity contribution >= 4 is 29.4 Å². The number of methoxy groups -OCH3 is 3. The van der Waals surface area contributed by atoms with Gasteiger partial charge in [-0.15, -0.1) is 0 Å². The molecule has 1 unspecified atom stereocenters. The van der Waals surface area contributed by atoms with E-state index >= 15 is 0 Å². The molecule has 2 aromatic carbocycles. The van der Waals surface area contributed by atoms with Crippen molar-refractivity contribution in [2.24, 2.45) is 10.9 Å². The first-order chi connectivity index (χ1) is 18.7. The van der Waals surface area contributed by atoms with Crippen LogP contribution in [0.5, 0.6) is 11.5 Å². The molecule has 1 aliphatic heterocycles. The normalized spacial score (nSPS) is 15.1. The molecule has 0 saturated heterocycles. The summed E-state index contributed by atoms with van der Waals surface area (Å²) in [5.41, 5.74) is 2.15. The summed E-state index contributed by atoms with van der Waals surface area (Å²) >= 11 is 1.22. The minimum absolute atomic E-state index is 0.135. The number of hydrogen-bond acceptors (Lipinski definition) is 9. The molecule has 0 saturated carbocycles. The Balaban J connectivity index is 1.88. The van der Waals surface area contributed by atoms with Crippen molar-refractivity contribution < 1.29 is 28.5 Å². The fourth-order valence-corrected chi connectivity index (χ4v) is 5.28. The molecule has 0 radical (unpaired) electrons. The zero-order valence-electron chi connectivity index (χ0n) is 22.6. The van der Waals surface area contributed by atoms with Crippen LogP contribution in [0.3, 0.4) is 0 Å². The fraction of sp³-hybridized carbons (Fsp3) is 0.310. The van der Waals surface area contributed by atoms with Gasteiger partial charge in [0.05, 0.1) is 55.3 Å². The lowest BCUT2D eigenvalue weighted by Gasteiger charge is -2.25. The van der Waals surface area contributed by atoms with Crippen molar-refractivity contribution in [2.75, 3.05) is 27.9 Å². The van der Waals surface area contributed by atoms with Crippen LogP contribution in [0.25, 0.3) is 6.08 Å². The fourth-order valence-electron chi connectivity index (χ4n) is 4.23. The highest BCUT2D eigenvalue weighted by molar-refractivity contribution is 7.07. The predicted molar refractivity (Wildman–Crippen MR) is 147 cm³/mol. The number of esters is 2. The molecule has 0 N–H and O–H groups in total. The second-order valence-electron chi connectivity index (χ2n) is 9.30. The summed E-state index contributed by atoms with van der Waals surface area (Å²) in [4.78, 5) is 44.2. The van der Waals surface area contributed by atoms with E-state index in [1.54, 1.807) is 63.6 Å². The van der Waals surface area contributed by atoms with E-state index < -0.39 is 18.0 Å². The molecule has 3 aromatic rings. The lowest BCUT2D eigenvalue weighted by molar-refractivity contribution is -0.140. The molecule has 0 bridgehead atoms. The Kier molecular flexibility index (Phi) is 8.35. The van der Waals surface area contributed by atoms with Crippen LogP contribution in [-0.4, -0.2) is 44.4 Å². The maximum atomic E-state index is 13.8. The number of allylic oxidation sites excluding steroid dienone is 1. The molecule has 9 nitrogen and oxygen atoms in total. The number of thiazole rings is 1. The summed E-state index contributed by atoms with van der Waals surface area (Å²) in [7, 11) is 4.41. The number of fused-ring (bicyclic) bond motifs is 1. The van der Waals surface area contributed by atoms with Crippen LogP contribution in [0.15, 0.2) is 63.5 Å². The third kappa shape index (κ3) is 5.65. The van der Waals surface area contributed by atoms with E-state index in [0.29, 0.717) is 37.7 Å². The third-order valence-corrected chi connectivity index (χ3v) is 7.13. The number of carbonyl (C=O) groups excluding carboxylic acids is 2. The minimum Gasteiger partial charge on any atom is -0.493 e. The topological polar surface area (TPSA) is 105 Å². The minimum atomic E-state index is -0.792. The number of carbonyl (C=O) groups is 2. The monoisotopic (exact) mass is 550 g/mol. The molecule has 0 spiro atoms. The standard InChI is InChI=1S/C29H30N2O7S/c1-16(2)15-38-28(34)24-17(3)30-29-31(25(24)19-8-10-20(11-9-19)27(33)37-6)26(32)23(39-29)14-18-7-12-21(35-4)22(13-18)36-5/h7-14,16,25H,15H2,1-6H3. The highest BCUT2D eigenvalue weighted by Gasteiger charge is 2.33. The number of benzene rings is 2. The van der Waals surface area contributed by atoms with Gasteiger partial charge in [0.25, 0.3) is 5.56 Å². The Bertz CT molecular complexity index is 1610. The Labute approximate surface area is 229 Å². The Morgan fingerprint density at radius 2 is 1.72 bits per heavy atom. The summed E-state index contributed by atoms with van der Waals surface area (Å²) in [5, 5.41) is 0. The molecule has 1 aliphatic rings. The van der Waals surface area contributed by atoms with E-state index in [2.05, 4.69) is 4.99 Å². The van der Waals surface area contributed by atoms with E-state index in [0.717, 1.165) is 5.56 Å². The van der Waals surface area contributed by atoms with Crippen LogP contribution < -0.4 is 24.4 Å². The van der Waals surface area contributed by atoms with Crippen molar-refractivity contribution in [3.05, 3.63) is 90.1 Å². The van der Waals surface area contributed by atoms with Crippen molar-refractivity contribution in [1.82, 2.24) is 4.57 Å². The largest absolute Gasteiger partial charge is 0.493 e. The van der Waals surface area contributed by atoms with Crippen LogP contribution >= 0.6 is 11.3 Å². The van der Waals surface area contributed by atoms with Crippen LogP contribution in [0.4, 0.5) is 0 Å². The maximum absolute atomic E-state index is 13.8. The number of hydrogen-bond donors (Lipinski definition) is 0. The maximum Gasteiger partial charge on any atom is 0.338 e. The summed E-state index contributed by atoms with van der Waals surface area (Å²) in [6.07, 6.45) is 1.75. The van der Waals surface area contributed by atoms with Crippen LogP contribution in [-0.2, 0) is 14.3 Å². The zero-order chi connectivity index (χ0) is 28.3. The molecule has 1 aromatic heterocycles. The average molecular weight is 551 g/mol. The van der Waals surface area contributed by atoms with Gasteiger partial charge >= 0.3 is 11.9 Å². The first-order valence-electron chi connectivity index (χ1n) is 12.3. The predicted octanol–water partition coefficient (Wildman–Crippen LogP) is 3.24. The summed E-state index contributed by atoms with van der Waals surface area (Å²) in [6.45, 7) is 5.85. The highest BCUT2D eigenvalue weighted by Crippen LogP contribution is 2.31. The van der Waals surface area contributed by atoms with Crippen LogP contribution in [0.2, 0.25) is 0 Å². The molecule has 10 heteroatoms. The molecule has 204 valence electrons. The van der Waals surface area contributed by atoms with Gasteiger partial charge in [0, 0.05) is 0 Å². The molecule has 0 fully saturated rings. The van der Waals surface area contributed by atoms with E-state index in [-0.39, 0.29) is 23.7 Å². The van der Waals surface area contributed by atoms with Gasteiger partial charge in [0.15, 0.2) is 16.3 Å². The molecular formula is C29H30N2O7S. The SMILES string of the molecule is COC(=O)c1ccc(C2C(C(=O)OCC(C)C)=C(C)N=c3sc(=Cc4ccc(OC)c(OC)c4)c(=O)n32)cc1. The quantitative estimate of drug-likeness (QED) is 0.397. The molecule has 39 heavy (non-hydrogen) atoms. The summed E-state index contributed by atoms with van der Waals surface area (Å²) in [6, 6.07) is 11.2. The van der Waals surface area contributed by atoms with Gasteiger partial charge in [-0.2, -0.15) is 0 Å². The van der Waals surface area contributed by atoms with E-state index in [1.807, 2.05) is 19.9 Å². The van der Waals surface area contributed by atoms with E-state index in [1.165, 1.54) is 23.0 Å². The Hall–Kier alpha value is -4.18. The molecule has 2 heterocycles. The van der Waals surface area contributed by atoms with Crippen molar-refractivity contribution in [3.63, 3.8) is 0 Å². The lowest BCUT2D eigenvalue weighted by Crippen LogP contribution is -2.40.